The lowest BCUT2D eigenvalue weighted by Gasteiger charge is -2.42. The van der Waals surface area contributed by atoms with Gasteiger partial charge in [-0.15, -0.1) is 0 Å². The van der Waals surface area contributed by atoms with Crippen LogP contribution in [0.4, 0.5) is 10.5 Å². The molecule has 2 aliphatic rings. The zero-order chi connectivity index (χ0) is 19.4. The van der Waals surface area contributed by atoms with E-state index in [9.17, 15) is 9.59 Å². The molecule has 1 aromatic rings. The molecule has 2 fully saturated rings. The second-order valence-corrected chi connectivity index (χ2v) is 7.85. The molecule has 0 spiro atoms. The molecule has 2 saturated carbocycles. The largest absolute Gasteiger partial charge is 0.489 e. The van der Waals surface area contributed by atoms with Crippen molar-refractivity contribution in [3.63, 3.8) is 0 Å². The summed E-state index contributed by atoms with van der Waals surface area (Å²) in [5.41, 5.74) is 0.640. The molecule has 0 aliphatic heterocycles. The molecule has 3 N–H and O–H groups in total. The van der Waals surface area contributed by atoms with E-state index in [0.29, 0.717) is 17.4 Å². The molecule has 1 aromatic carbocycles. The smallest absolute Gasteiger partial charge is 0.319 e. The van der Waals surface area contributed by atoms with Crippen LogP contribution in [0.25, 0.3) is 0 Å². The van der Waals surface area contributed by atoms with Crippen molar-refractivity contribution in [2.24, 2.45) is 5.92 Å². The lowest BCUT2D eigenvalue weighted by atomic mass is 9.85. The summed E-state index contributed by atoms with van der Waals surface area (Å²) < 4.78 is 5.72. The van der Waals surface area contributed by atoms with E-state index in [2.05, 4.69) is 15.5 Å². The Labute approximate surface area is 160 Å². The maximum atomic E-state index is 12.3. The molecular formula is C20H29N3O4. The normalized spacial score (nSPS) is 21.6. The number of anilines is 1. The molecular weight excluding hydrogens is 346 g/mol. The first-order chi connectivity index (χ1) is 12.9. The molecule has 2 aliphatic carbocycles. The van der Waals surface area contributed by atoms with Crippen LogP contribution in [-0.2, 0) is 4.79 Å². The number of carboxylic acids is 1. The first kappa shape index (κ1) is 19.5. The molecule has 0 atom stereocenters. The summed E-state index contributed by atoms with van der Waals surface area (Å²) in [7, 11) is 0. The number of nitrogens with one attached hydrogen (secondary N) is 2. The average molecular weight is 375 g/mol. The first-order valence-electron chi connectivity index (χ1n) is 9.69. The molecule has 0 heterocycles. The number of amides is 2. The maximum absolute atomic E-state index is 12.3. The highest BCUT2D eigenvalue weighted by molar-refractivity contribution is 5.91. The van der Waals surface area contributed by atoms with Crippen LogP contribution in [0.15, 0.2) is 24.3 Å². The molecule has 0 saturated heterocycles. The van der Waals surface area contributed by atoms with Crippen LogP contribution in [0.5, 0.6) is 5.75 Å². The Kier molecular flexibility index (Phi) is 6.21. The fourth-order valence-corrected chi connectivity index (χ4v) is 3.42. The Balaban J connectivity index is 1.46. The second kappa shape index (κ2) is 8.61. The van der Waals surface area contributed by atoms with E-state index >= 15 is 0 Å². The molecule has 0 aromatic heterocycles. The minimum atomic E-state index is -0.786. The second-order valence-electron chi connectivity index (χ2n) is 7.85. The van der Waals surface area contributed by atoms with Crippen molar-refractivity contribution in [1.82, 2.24) is 10.2 Å². The number of rotatable bonds is 9. The minimum absolute atomic E-state index is 0.0232. The maximum Gasteiger partial charge on any atom is 0.319 e. The van der Waals surface area contributed by atoms with E-state index in [1.165, 1.54) is 12.8 Å². The number of ether oxygens (including phenoxy) is 1. The molecule has 0 unspecified atom stereocenters. The van der Waals surface area contributed by atoms with Crippen LogP contribution in [0.3, 0.4) is 0 Å². The summed E-state index contributed by atoms with van der Waals surface area (Å²) >= 11 is 0. The van der Waals surface area contributed by atoms with Crippen molar-refractivity contribution in [3.8, 4) is 5.75 Å². The van der Waals surface area contributed by atoms with Crippen LogP contribution in [0, 0.1) is 5.92 Å². The van der Waals surface area contributed by atoms with Gasteiger partial charge in [0.05, 0.1) is 18.3 Å². The third-order valence-corrected chi connectivity index (χ3v) is 4.99. The minimum Gasteiger partial charge on any atom is -0.489 e. The summed E-state index contributed by atoms with van der Waals surface area (Å²) in [6, 6.07) is 7.41. The SMILES string of the molecule is CC(C)Oc1ccccc1NC(=O)NC1CC(N(CC(=O)O)CC2CC2)C1. The zero-order valence-corrected chi connectivity index (χ0v) is 16.0. The highest BCUT2D eigenvalue weighted by atomic mass is 16.5. The lowest BCUT2D eigenvalue weighted by Crippen LogP contribution is -2.55. The van der Waals surface area contributed by atoms with Gasteiger partial charge in [-0.1, -0.05) is 12.1 Å². The quantitative estimate of drug-likeness (QED) is 0.617. The van der Waals surface area contributed by atoms with E-state index in [4.69, 9.17) is 9.84 Å². The van der Waals surface area contributed by atoms with Crippen molar-refractivity contribution < 1.29 is 19.4 Å². The van der Waals surface area contributed by atoms with Gasteiger partial charge in [-0.25, -0.2) is 4.79 Å². The number of hydrogen-bond donors (Lipinski definition) is 3. The number of carboxylic acid groups (broad SMARTS) is 1. The number of nitrogens with zero attached hydrogens (tertiary/aromatic N) is 1. The van der Waals surface area contributed by atoms with Gasteiger partial charge in [0.2, 0.25) is 0 Å². The lowest BCUT2D eigenvalue weighted by molar-refractivity contribution is -0.139. The number of carbonyl (C=O) groups is 2. The number of carbonyl (C=O) groups excluding carboxylic acids is 1. The predicted octanol–water partition coefficient (Wildman–Crippen LogP) is 2.92. The van der Waals surface area contributed by atoms with Gasteiger partial charge in [0, 0.05) is 18.6 Å². The number of para-hydroxylation sites is 2. The molecule has 0 radical (unpaired) electrons. The van der Waals surface area contributed by atoms with Gasteiger partial charge >= 0.3 is 12.0 Å². The summed E-state index contributed by atoms with van der Waals surface area (Å²) in [6.45, 7) is 4.82. The third-order valence-electron chi connectivity index (χ3n) is 4.99. The molecule has 148 valence electrons. The van der Waals surface area contributed by atoms with Gasteiger partial charge in [-0.05, 0) is 57.6 Å². The molecule has 7 nitrogen and oxygen atoms in total. The molecule has 3 rings (SSSR count). The fraction of sp³-hybridized carbons (Fsp3) is 0.600. The van der Waals surface area contributed by atoms with E-state index in [1.54, 1.807) is 0 Å². The Hall–Kier alpha value is -2.28. The molecule has 2 amide bonds. The zero-order valence-electron chi connectivity index (χ0n) is 16.0. The van der Waals surface area contributed by atoms with Crippen LogP contribution >= 0.6 is 0 Å². The number of aliphatic carboxylic acids is 1. The standard InChI is InChI=1S/C20H29N3O4/c1-13(2)27-18-6-4-3-5-17(18)22-20(26)21-15-9-16(10-15)23(12-19(24)25)11-14-7-8-14/h3-6,13-16H,7-12H2,1-2H3,(H,24,25)(H2,21,22,26). The van der Waals surface area contributed by atoms with Crippen LogP contribution in [0.2, 0.25) is 0 Å². The van der Waals surface area contributed by atoms with E-state index in [0.717, 1.165) is 19.4 Å². The summed E-state index contributed by atoms with van der Waals surface area (Å²) in [4.78, 5) is 25.5. The topological polar surface area (TPSA) is 90.9 Å². The van der Waals surface area contributed by atoms with Crippen LogP contribution in [0.1, 0.15) is 39.5 Å². The van der Waals surface area contributed by atoms with Crippen molar-refractivity contribution in [2.75, 3.05) is 18.4 Å². The highest BCUT2D eigenvalue weighted by Crippen LogP contribution is 2.34. The fourth-order valence-electron chi connectivity index (χ4n) is 3.42. The van der Waals surface area contributed by atoms with Crippen LogP contribution < -0.4 is 15.4 Å². The Morgan fingerprint density at radius 1 is 1.26 bits per heavy atom. The summed E-state index contributed by atoms with van der Waals surface area (Å²) in [5, 5.41) is 14.9. The Morgan fingerprint density at radius 3 is 2.59 bits per heavy atom. The average Bonchev–Trinajstić information content (AvgIpc) is 3.35. The molecule has 27 heavy (non-hydrogen) atoms. The van der Waals surface area contributed by atoms with Crippen molar-refractivity contribution >= 4 is 17.7 Å². The van der Waals surface area contributed by atoms with Crippen molar-refractivity contribution in [2.45, 2.75) is 57.7 Å². The van der Waals surface area contributed by atoms with Crippen molar-refractivity contribution in [3.05, 3.63) is 24.3 Å². The number of hydrogen-bond acceptors (Lipinski definition) is 4. The highest BCUT2D eigenvalue weighted by Gasteiger charge is 2.37. The van der Waals surface area contributed by atoms with Crippen LogP contribution in [-0.4, -0.2) is 53.3 Å². The Morgan fingerprint density at radius 2 is 1.96 bits per heavy atom. The summed E-state index contributed by atoms with van der Waals surface area (Å²) in [6.07, 6.45) is 4.00. The third kappa shape index (κ3) is 5.85. The van der Waals surface area contributed by atoms with E-state index < -0.39 is 5.97 Å². The van der Waals surface area contributed by atoms with Gasteiger partial charge in [-0.2, -0.15) is 0 Å². The summed E-state index contributed by atoms with van der Waals surface area (Å²) in [5.74, 6) is 0.509. The number of urea groups is 1. The van der Waals surface area contributed by atoms with E-state index in [-0.39, 0.29) is 30.8 Å². The van der Waals surface area contributed by atoms with E-state index in [1.807, 2.05) is 38.1 Å². The molecule has 0 bridgehead atoms. The predicted molar refractivity (Wildman–Crippen MR) is 103 cm³/mol. The monoisotopic (exact) mass is 375 g/mol. The Bertz CT molecular complexity index is 669. The van der Waals surface area contributed by atoms with Gasteiger partial charge in [0.25, 0.3) is 0 Å². The van der Waals surface area contributed by atoms with Gasteiger partial charge in [-0.3, -0.25) is 9.69 Å². The van der Waals surface area contributed by atoms with Gasteiger partial charge in [0.1, 0.15) is 5.75 Å². The molecule has 7 heteroatoms. The number of benzene rings is 1. The van der Waals surface area contributed by atoms with Gasteiger partial charge < -0.3 is 20.5 Å². The first-order valence-corrected chi connectivity index (χ1v) is 9.69. The van der Waals surface area contributed by atoms with Gasteiger partial charge in [0.15, 0.2) is 0 Å². The van der Waals surface area contributed by atoms with Crippen molar-refractivity contribution in [1.29, 1.82) is 0 Å².